The van der Waals surface area contributed by atoms with E-state index in [-0.39, 0.29) is 22.9 Å². The Morgan fingerprint density at radius 2 is 1.85 bits per heavy atom. The van der Waals surface area contributed by atoms with Gasteiger partial charge in [-0.15, -0.1) is 0 Å². The normalized spacial score (nSPS) is 41.8. The third-order valence-corrected chi connectivity index (χ3v) is 10.4. The van der Waals surface area contributed by atoms with E-state index in [2.05, 4.69) is 20.8 Å². The van der Waals surface area contributed by atoms with Crippen molar-refractivity contribution in [2.45, 2.75) is 78.6 Å². The second-order valence-electron chi connectivity index (χ2n) is 9.46. The molecule has 6 heteroatoms. The summed E-state index contributed by atoms with van der Waals surface area (Å²) in [4.78, 5) is 12.8. The van der Waals surface area contributed by atoms with Gasteiger partial charge in [-0.2, -0.15) is 8.42 Å². The maximum Gasteiger partial charge on any atom is 0.320 e. The van der Waals surface area contributed by atoms with Gasteiger partial charge in [0, 0.05) is 16.7 Å². The molecule has 0 spiro atoms. The molecule has 0 saturated heterocycles. The molecule has 27 heavy (non-hydrogen) atoms. The van der Waals surface area contributed by atoms with Gasteiger partial charge in [-0.1, -0.05) is 40.0 Å². The van der Waals surface area contributed by atoms with Crippen LogP contribution in [0.3, 0.4) is 0 Å². The van der Waals surface area contributed by atoms with Crippen molar-refractivity contribution < 1.29 is 17.8 Å². The molecule has 0 amide bonds. The van der Waals surface area contributed by atoms with Gasteiger partial charge in [0.15, 0.2) is 0 Å². The van der Waals surface area contributed by atoms with Crippen LogP contribution in [0.4, 0.5) is 0 Å². The monoisotopic (exact) mass is 416 g/mol. The largest absolute Gasteiger partial charge is 0.320 e. The first-order valence-corrected chi connectivity index (χ1v) is 13.8. The summed E-state index contributed by atoms with van der Waals surface area (Å²) < 4.78 is 31.0. The summed E-state index contributed by atoms with van der Waals surface area (Å²) in [6.07, 6.45) is 10.9. The van der Waals surface area contributed by atoms with Crippen molar-refractivity contribution in [3.8, 4) is 0 Å². The fraction of sp³-hybridized carbons (Fsp3) is 0.952. The summed E-state index contributed by atoms with van der Waals surface area (Å²) >= 11 is 0. The molecule has 0 aliphatic heterocycles. The SMILES string of the molecule is CCCC1C(CC)CCC2C1CCC1(C)C2CC[C@@H]1C(=O)CSS(=O)(=O)O. The van der Waals surface area contributed by atoms with Crippen molar-refractivity contribution in [3.05, 3.63) is 0 Å². The lowest BCUT2D eigenvalue weighted by Crippen LogP contribution is -2.48. The third-order valence-electron chi connectivity index (χ3n) is 8.40. The van der Waals surface area contributed by atoms with Gasteiger partial charge in [0.1, 0.15) is 5.78 Å². The zero-order valence-electron chi connectivity index (χ0n) is 17.0. The van der Waals surface area contributed by atoms with Gasteiger partial charge in [0.25, 0.3) is 0 Å². The van der Waals surface area contributed by atoms with Gasteiger partial charge in [-0.25, -0.2) is 0 Å². The van der Waals surface area contributed by atoms with Crippen molar-refractivity contribution in [2.75, 3.05) is 5.75 Å². The molecule has 7 atom stereocenters. The summed E-state index contributed by atoms with van der Waals surface area (Å²) in [6, 6.07) is 0. The molecule has 3 fully saturated rings. The highest BCUT2D eigenvalue weighted by Gasteiger charge is 2.57. The minimum absolute atomic E-state index is 0.0217. The molecule has 0 radical (unpaired) electrons. The average molecular weight is 417 g/mol. The Bertz CT molecular complexity index is 647. The first-order valence-electron chi connectivity index (χ1n) is 10.9. The first kappa shape index (κ1) is 21.6. The predicted octanol–water partition coefficient (Wildman–Crippen LogP) is 5.39. The first-order chi connectivity index (χ1) is 12.7. The Balaban J connectivity index is 1.74. The number of carbonyl (C=O) groups excluding carboxylic acids is 1. The van der Waals surface area contributed by atoms with Gasteiger partial charge in [-0.3, -0.25) is 9.35 Å². The van der Waals surface area contributed by atoms with E-state index in [4.69, 9.17) is 4.55 Å². The van der Waals surface area contributed by atoms with Crippen LogP contribution in [0.2, 0.25) is 0 Å². The molecule has 0 bridgehead atoms. The lowest BCUT2D eigenvalue weighted by molar-refractivity contribution is -0.127. The summed E-state index contributed by atoms with van der Waals surface area (Å²) in [5.41, 5.74) is 0.0217. The van der Waals surface area contributed by atoms with Crippen LogP contribution in [0, 0.1) is 40.9 Å². The maximum atomic E-state index is 12.8. The Morgan fingerprint density at radius 3 is 2.48 bits per heavy atom. The summed E-state index contributed by atoms with van der Waals surface area (Å²) in [6.45, 7) is 6.94. The van der Waals surface area contributed by atoms with E-state index in [0.717, 1.165) is 42.9 Å². The molecule has 0 heterocycles. The molecule has 156 valence electrons. The minimum Gasteiger partial charge on any atom is -0.298 e. The summed E-state index contributed by atoms with van der Waals surface area (Å²) in [5.74, 6) is 3.78. The van der Waals surface area contributed by atoms with Crippen molar-refractivity contribution in [2.24, 2.45) is 40.9 Å². The molecule has 3 aliphatic carbocycles. The fourth-order valence-corrected chi connectivity index (χ4v) is 8.55. The Kier molecular flexibility index (Phi) is 6.69. The summed E-state index contributed by atoms with van der Waals surface area (Å²) in [7, 11) is -3.77. The van der Waals surface area contributed by atoms with Gasteiger partial charge in [-0.05, 0) is 73.5 Å². The summed E-state index contributed by atoms with van der Waals surface area (Å²) in [5, 5.41) is 0. The molecule has 4 nitrogen and oxygen atoms in total. The van der Waals surface area contributed by atoms with Crippen LogP contribution in [0.1, 0.15) is 78.6 Å². The number of ketones is 1. The standard InChI is InChI=1S/C21H36O4S2/c1-4-6-15-14(5-2)7-8-17-16(15)11-12-21(3)18(17)9-10-19(21)20(22)13-26-27(23,24)25/h14-19H,4-13H2,1-3H3,(H,23,24,25)/t14?,15?,16?,17?,18?,19-,21?/m1/s1. The van der Waals surface area contributed by atoms with E-state index in [9.17, 15) is 13.2 Å². The van der Waals surface area contributed by atoms with Gasteiger partial charge in [0.2, 0.25) is 0 Å². The molecule has 0 aromatic rings. The molecule has 6 unspecified atom stereocenters. The molecule has 3 rings (SSSR count). The fourth-order valence-electron chi connectivity index (χ4n) is 7.29. The number of hydrogen-bond acceptors (Lipinski definition) is 4. The molecule has 3 aliphatic rings. The van der Waals surface area contributed by atoms with Gasteiger partial charge < -0.3 is 0 Å². The lowest BCUT2D eigenvalue weighted by Gasteiger charge is -2.54. The number of rotatable bonds is 7. The van der Waals surface area contributed by atoms with Crippen LogP contribution < -0.4 is 0 Å². The van der Waals surface area contributed by atoms with Crippen molar-refractivity contribution in [1.82, 2.24) is 0 Å². The zero-order chi connectivity index (χ0) is 19.8. The highest BCUT2D eigenvalue weighted by Crippen LogP contribution is 2.63. The maximum absolute atomic E-state index is 12.8. The zero-order valence-corrected chi connectivity index (χ0v) is 18.7. The van der Waals surface area contributed by atoms with Crippen molar-refractivity contribution in [3.63, 3.8) is 0 Å². The van der Waals surface area contributed by atoms with Crippen LogP contribution in [0.5, 0.6) is 0 Å². The smallest absolute Gasteiger partial charge is 0.298 e. The van der Waals surface area contributed by atoms with Crippen LogP contribution in [-0.4, -0.2) is 24.5 Å². The quantitative estimate of drug-likeness (QED) is 0.445. The van der Waals surface area contributed by atoms with E-state index in [1.54, 1.807) is 0 Å². The predicted molar refractivity (Wildman–Crippen MR) is 111 cm³/mol. The number of carbonyl (C=O) groups is 1. The van der Waals surface area contributed by atoms with E-state index < -0.39 is 9.15 Å². The topological polar surface area (TPSA) is 71.4 Å². The van der Waals surface area contributed by atoms with E-state index in [1.165, 1.54) is 38.5 Å². The average Bonchev–Trinajstić information content (AvgIpc) is 2.97. The molecule has 1 N–H and O–H groups in total. The highest BCUT2D eigenvalue weighted by molar-refractivity contribution is 8.70. The molecule has 0 aromatic carbocycles. The molecule has 0 aromatic heterocycles. The van der Waals surface area contributed by atoms with Crippen LogP contribution >= 0.6 is 10.8 Å². The lowest BCUT2D eigenvalue weighted by atomic mass is 9.50. The van der Waals surface area contributed by atoms with Crippen LogP contribution in [0.15, 0.2) is 0 Å². The van der Waals surface area contributed by atoms with E-state index in [0.29, 0.717) is 16.7 Å². The Morgan fingerprint density at radius 1 is 1.11 bits per heavy atom. The second kappa shape index (κ2) is 8.35. The van der Waals surface area contributed by atoms with Crippen molar-refractivity contribution in [1.29, 1.82) is 0 Å². The number of hydrogen-bond donors (Lipinski definition) is 1. The molecular weight excluding hydrogens is 380 g/mol. The van der Waals surface area contributed by atoms with Gasteiger partial charge in [0.05, 0.1) is 5.75 Å². The van der Waals surface area contributed by atoms with E-state index in [1.807, 2.05) is 0 Å². The van der Waals surface area contributed by atoms with Crippen LogP contribution in [-0.2, 0) is 13.9 Å². The van der Waals surface area contributed by atoms with Crippen molar-refractivity contribution >= 4 is 25.7 Å². The highest BCUT2D eigenvalue weighted by atomic mass is 33.1. The Labute approximate surface area is 168 Å². The number of fused-ring (bicyclic) bond motifs is 3. The molecular formula is C21H36O4S2. The number of Topliss-reactive ketones (excluding diaryl/α,β-unsaturated/α-hetero) is 1. The van der Waals surface area contributed by atoms with Crippen LogP contribution in [0.25, 0.3) is 0 Å². The van der Waals surface area contributed by atoms with E-state index >= 15 is 0 Å². The Hall–Kier alpha value is -0.0700. The minimum atomic E-state index is -4.14. The third kappa shape index (κ3) is 4.28. The van der Waals surface area contributed by atoms with Gasteiger partial charge >= 0.3 is 9.15 Å². The molecule has 3 saturated carbocycles. The second-order valence-corrected chi connectivity index (χ2v) is 12.8.